The van der Waals surface area contributed by atoms with E-state index in [-0.39, 0.29) is 0 Å². The number of nitrogens with zero attached hydrogens (tertiary/aromatic N) is 1. The lowest BCUT2D eigenvalue weighted by Crippen LogP contribution is -2.37. The van der Waals surface area contributed by atoms with E-state index >= 15 is 0 Å². The first-order valence-electron chi connectivity index (χ1n) is 7.11. The van der Waals surface area contributed by atoms with Crippen molar-refractivity contribution in [2.75, 3.05) is 20.2 Å². The largest absolute Gasteiger partial charge is 0.496 e. The Bertz CT molecular complexity index is 502. The summed E-state index contributed by atoms with van der Waals surface area (Å²) < 4.78 is 5.19. The van der Waals surface area contributed by atoms with Gasteiger partial charge in [0.1, 0.15) is 5.75 Å². The maximum Gasteiger partial charge on any atom is 0.295 e. The van der Waals surface area contributed by atoms with Crippen LogP contribution < -0.4 is 4.74 Å². The summed E-state index contributed by atoms with van der Waals surface area (Å²) in [4.78, 5) is 26.4. The van der Waals surface area contributed by atoms with E-state index in [4.69, 9.17) is 4.74 Å². The smallest absolute Gasteiger partial charge is 0.295 e. The molecule has 2 rings (SSSR count). The number of amides is 1. The number of carbonyl (C=O) groups excluding carboxylic acids is 2. The molecule has 1 aliphatic heterocycles. The molecule has 20 heavy (non-hydrogen) atoms. The van der Waals surface area contributed by atoms with Gasteiger partial charge in [0.2, 0.25) is 0 Å². The molecular weight excluding hydrogens is 254 g/mol. The zero-order valence-electron chi connectivity index (χ0n) is 12.1. The SMILES string of the molecule is COc1ccc(C)cc1C(=O)C(=O)N1CCCCCC1. The molecular formula is C16H21NO3. The summed E-state index contributed by atoms with van der Waals surface area (Å²) in [5.41, 5.74) is 1.31. The second kappa shape index (κ2) is 6.55. The molecule has 108 valence electrons. The minimum Gasteiger partial charge on any atom is -0.496 e. The van der Waals surface area contributed by atoms with Gasteiger partial charge in [0.15, 0.2) is 0 Å². The molecule has 1 saturated heterocycles. The molecule has 1 amide bonds. The van der Waals surface area contributed by atoms with E-state index in [0.717, 1.165) is 31.2 Å². The van der Waals surface area contributed by atoms with Gasteiger partial charge in [0, 0.05) is 13.1 Å². The Morgan fingerprint density at radius 2 is 1.75 bits per heavy atom. The number of ether oxygens (including phenoxy) is 1. The lowest BCUT2D eigenvalue weighted by Gasteiger charge is -2.19. The average Bonchev–Trinajstić information content (AvgIpc) is 2.74. The summed E-state index contributed by atoms with van der Waals surface area (Å²) in [6, 6.07) is 5.32. The molecule has 1 aromatic rings. The fourth-order valence-electron chi connectivity index (χ4n) is 2.53. The van der Waals surface area contributed by atoms with E-state index in [1.165, 1.54) is 7.11 Å². The Morgan fingerprint density at radius 3 is 2.35 bits per heavy atom. The van der Waals surface area contributed by atoms with E-state index in [1.807, 2.05) is 13.0 Å². The third kappa shape index (κ3) is 3.18. The molecule has 0 radical (unpaired) electrons. The number of aryl methyl sites for hydroxylation is 1. The molecule has 0 spiro atoms. The molecule has 1 heterocycles. The predicted molar refractivity (Wildman–Crippen MR) is 77.1 cm³/mol. The van der Waals surface area contributed by atoms with E-state index in [0.29, 0.717) is 24.4 Å². The number of carbonyl (C=O) groups is 2. The highest BCUT2D eigenvalue weighted by Gasteiger charge is 2.26. The first-order valence-corrected chi connectivity index (χ1v) is 7.11. The molecule has 0 aliphatic carbocycles. The molecule has 1 fully saturated rings. The number of rotatable bonds is 3. The van der Waals surface area contributed by atoms with Crippen molar-refractivity contribution in [3.05, 3.63) is 29.3 Å². The highest BCUT2D eigenvalue weighted by atomic mass is 16.5. The van der Waals surface area contributed by atoms with Crippen molar-refractivity contribution in [1.82, 2.24) is 4.90 Å². The second-order valence-corrected chi connectivity index (χ2v) is 5.24. The molecule has 4 nitrogen and oxygen atoms in total. The van der Waals surface area contributed by atoms with Gasteiger partial charge in [-0.05, 0) is 31.9 Å². The van der Waals surface area contributed by atoms with Gasteiger partial charge in [-0.2, -0.15) is 0 Å². The maximum absolute atomic E-state index is 12.4. The van der Waals surface area contributed by atoms with Crippen LogP contribution in [0.5, 0.6) is 5.75 Å². The molecule has 0 unspecified atom stereocenters. The van der Waals surface area contributed by atoms with Crippen molar-refractivity contribution in [2.24, 2.45) is 0 Å². The highest BCUT2D eigenvalue weighted by molar-refractivity contribution is 6.43. The maximum atomic E-state index is 12.4. The summed E-state index contributed by atoms with van der Waals surface area (Å²) in [5.74, 6) is -0.410. The van der Waals surface area contributed by atoms with Crippen molar-refractivity contribution in [3.63, 3.8) is 0 Å². The zero-order chi connectivity index (χ0) is 14.5. The first-order chi connectivity index (χ1) is 9.63. The summed E-state index contributed by atoms with van der Waals surface area (Å²) >= 11 is 0. The molecule has 0 bridgehead atoms. The van der Waals surface area contributed by atoms with Gasteiger partial charge in [-0.15, -0.1) is 0 Å². The zero-order valence-corrected chi connectivity index (χ0v) is 12.1. The quantitative estimate of drug-likeness (QED) is 0.629. The number of ketones is 1. The van der Waals surface area contributed by atoms with Gasteiger partial charge < -0.3 is 9.64 Å². The molecule has 1 aliphatic rings. The molecule has 0 aromatic heterocycles. The van der Waals surface area contributed by atoms with Gasteiger partial charge in [0.25, 0.3) is 11.7 Å². The molecule has 0 saturated carbocycles. The highest BCUT2D eigenvalue weighted by Crippen LogP contribution is 2.21. The van der Waals surface area contributed by atoms with Gasteiger partial charge in [-0.3, -0.25) is 9.59 Å². The van der Waals surface area contributed by atoms with Crippen molar-refractivity contribution in [1.29, 1.82) is 0 Å². The molecule has 0 atom stereocenters. The first kappa shape index (κ1) is 14.6. The molecule has 1 aromatic carbocycles. The van der Waals surface area contributed by atoms with Crippen LogP contribution in [0.15, 0.2) is 18.2 Å². The van der Waals surface area contributed by atoms with Crippen LogP contribution >= 0.6 is 0 Å². The Labute approximate surface area is 119 Å². The van der Waals surface area contributed by atoms with Crippen molar-refractivity contribution in [2.45, 2.75) is 32.6 Å². The van der Waals surface area contributed by atoms with Gasteiger partial charge in [0.05, 0.1) is 12.7 Å². The van der Waals surface area contributed by atoms with Crippen LogP contribution in [0.1, 0.15) is 41.6 Å². The Kier molecular flexibility index (Phi) is 4.77. The van der Waals surface area contributed by atoms with Crippen LogP contribution in [0.2, 0.25) is 0 Å². The van der Waals surface area contributed by atoms with Crippen LogP contribution in [0, 0.1) is 6.92 Å². The van der Waals surface area contributed by atoms with Crippen molar-refractivity contribution in [3.8, 4) is 5.75 Å². The predicted octanol–water partition coefficient (Wildman–Crippen LogP) is 2.59. The van der Waals surface area contributed by atoms with Crippen LogP contribution in [0.4, 0.5) is 0 Å². The number of benzene rings is 1. The molecule has 0 N–H and O–H groups in total. The number of hydrogen-bond donors (Lipinski definition) is 0. The van der Waals surface area contributed by atoms with Gasteiger partial charge >= 0.3 is 0 Å². The van der Waals surface area contributed by atoms with Crippen LogP contribution in [0.3, 0.4) is 0 Å². The fraction of sp³-hybridized carbons (Fsp3) is 0.500. The van der Waals surface area contributed by atoms with E-state index in [1.54, 1.807) is 17.0 Å². The summed E-state index contributed by atoms with van der Waals surface area (Å²) in [5, 5.41) is 0. The van der Waals surface area contributed by atoms with Crippen molar-refractivity contribution < 1.29 is 14.3 Å². The van der Waals surface area contributed by atoms with Crippen LogP contribution in [-0.4, -0.2) is 36.8 Å². The van der Waals surface area contributed by atoms with Gasteiger partial charge in [-0.1, -0.05) is 24.5 Å². The monoisotopic (exact) mass is 275 g/mol. The Morgan fingerprint density at radius 1 is 1.10 bits per heavy atom. The van der Waals surface area contributed by atoms with Crippen molar-refractivity contribution >= 4 is 11.7 Å². The molecule has 4 heteroatoms. The summed E-state index contributed by atoms with van der Waals surface area (Å²) in [7, 11) is 1.51. The summed E-state index contributed by atoms with van der Waals surface area (Å²) in [6.45, 7) is 3.25. The average molecular weight is 275 g/mol. The standard InChI is InChI=1S/C16H21NO3/c1-12-7-8-14(20-2)13(11-12)15(18)16(19)17-9-5-3-4-6-10-17/h7-8,11H,3-6,9-10H2,1-2H3. The van der Waals surface area contributed by atoms with Crippen LogP contribution in [-0.2, 0) is 4.79 Å². The van der Waals surface area contributed by atoms with Gasteiger partial charge in [-0.25, -0.2) is 0 Å². The number of likely N-dealkylation sites (tertiary alicyclic amines) is 1. The third-order valence-corrected chi connectivity index (χ3v) is 3.69. The van der Waals surface area contributed by atoms with Crippen LogP contribution in [0.25, 0.3) is 0 Å². The van der Waals surface area contributed by atoms with E-state index in [2.05, 4.69) is 0 Å². The Hall–Kier alpha value is -1.84. The van der Waals surface area contributed by atoms with E-state index < -0.39 is 11.7 Å². The minimum atomic E-state index is -0.465. The normalized spacial score (nSPS) is 15.6. The second-order valence-electron chi connectivity index (χ2n) is 5.24. The minimum absolute atomic E-state index is 0.363. The lowest BCUT2D eigenvalue weighted by molar-refractivity contribution is -0.126. The lowest BCUT2D eigenvalue weighted by atomic mass is 10.1. The van der Waals surface area contributed by atoms with E-state index in [9.17, 15) is 9.59 Å². The topological polar surface area (TPSA) is 46.6 Å². The fourth-order valence-corrected chi connectivity index (χ4v) is 2.53. The Balaban J connectivity index is 2.21. The summed E-state index contributed by atoms with van der Waals surface area (Å²) in [6.07, 6.45) is 4.21. The third-order valence-electron chi connectivity index (χ3n) is 3.69. The number of hydrogen-bond acceptors (Lipinski definition) is 3. The number of methoxy groups -OCH3 is 1. The number of Topliss-reactive ketones (excluding diaryl/α,β-unsaturated/α-hetero) is 1.